The lowest BCUT2D eigenvalue weighted by molar-refractivity contribution is -0.161. The minimum absolute atomic E-state index is 0.161. The van der Waals surface area contributed by atoms with Crippen LogP contribution in [0.15, 0.2) is 37.0 Å². The van der Waals surface area contributed by atoms with Crippen LogP contribution in [0.2, 0.25) is 0 Å². The summed E-state index contributed by atoms with van der Waals surface area (Å²) in [6.45, 7) is 17.4. The van der Waals surface area contributed by atoms with Gasteiger partial charge in [0.25, 0.3) is 0 Å². The summed E-state index contributed by atoms with van der Waals surface area (Å²) >= 11 is 0. The minimum Gasteiger partial charge on any atom is -0.487 e. The lowest BCUT2D eigenvalue weighted by Gasteiger charge is -2.31. The Labute approximate surface area is 177 Å². The Morgan fingerprint density at radius 1 is 0.567 bits per heavy atom. The molecule has 0 aliphatic carbocycles. The molecule has 9 heteroatoms. The van der Waals surface area contributed by atoms with Crippen LogP contribution in [0, 0.1) is 5.41 Å². The van der Waals surface area contributed by atoms with E-state index in [0.717, 1.165) is 0 Å². The highest BCUT2D eigenvalue weighted by atomic mass is 16.6. The van der Waals surface area contributed by atoms with E-state index < -0.39 is 23.3 Å². The molecule has 0 aliphatic heterocycles. The molecule has 0 saturated carbocycles. The monoisotopic (exact) mass is 428 g/mol. The van der Waals surface area contributed by atoms with Crippen molar-refractivity contribution < 1.29 is 42.8 Å². The molecule has 0 aromatic heterocycles. The number of rotatable bonds is 16. The van der Waals surface area contributed by atoms with Crippen LogP contribution >= 0.6 is 0 Å². The molecule has 0 aromatic rings. The van der Waals surface area contributed by atoms with Crippen molar-refractivity contribution in [3.8, 4) is 0 Å². The maximum absolute atomic E-state index is 12.0. The van der Waals surface area contributed by atoms with E-state index >= 15 is 0 Å². The number of carbonyl (C=O) groups is 3. The van der Waals surface area contributed by atoms with E-state index in [-0.39, 0.29) is 56.9 Å². The summed E-state index contributed by atoms with van der Waals surface area (Å²) in [5, 5.41) is 0. The minimum atomic E-state index is -1.04. The maximum atomic E-state index is 12.0. The molecule has 0 heterocycles. The van der Waals surface area contributed by atoms with Crippen molar-refractivity contribution in [3.05, 3.63) is 37.0 Å². The Balaban J connectivity index is 5.26. The molecule has 9 nitrogen and oxygen atoms in total. The van der Waals surface area contributed by atoms with Crippen molar-refractivity contribution >= 4 is 17.9 Å². The summed E-state index contributed by atoms with van der Waals surface area (Å²) in [6, 6.07) is 0. The van der Waals surface area contributed by atoms with Gasteiger partial charge in [-0.15, -0.1) is 0 Å². The molecule has 0 aromatic carbocycles. The molecule has 0 saturated heterocycles. The highest BCUT2D eigenvalue weighted by molar-refractivity contribution is 5.86. The van der Waals surface area contributed by atoms with Crippen LogP contribution in [0.3, 0.4) is 0 Å². The van der Waals surface area contributed by atoms with Crippen LogP contribution < -0.4 is 0 Å². The highest BCUT2D eigenvalue weighted by Crippen LogP contribution is 2.25. The number of carbonyl (C=O) groups excluding carboxylic acids is 3. The molecule has 170 valence electrons. The molecule has 0 rings (SSSR count). The zero-order chi connectivity index (χ0) is 23.2. The van der Waals surface area contributed by atoms with Gasteiger partial charge in [-0.1, -0.05) is 6.92 Å². The topological polar surface area (TPSA) is 107 Å². The molecular formula is C21H32O9. The first kappa shape index (κ1) is 27.0. The van der Waals surface area contributed by atoms with Crippen molar-refractivity contribution in [1.29, 1.82) is 0 Å². The van der Waals surface area contributed by atoms with Crippen LogP contribution in [0.4, 0.5) is 0 Å². The Kier molecular flexibility index (Phi) is 12.7. The summed E-state index contributed by atoms with van der Waals surface area (Å²) < 4.78 is 30.8. The van der Waals surface area contributed by atoms with E-state index in [1.165, 1.54) is 0 Å². The van der Waals surface area contributed by atoms with Crippen molar-refractivity contribution in [1.82, 2.24) is 0 Å². The largest absolute Gasteiger partial charge is 0.487 e. The Morgan fingerprint density at radius 3 is 1.03 bits per heavy atom. The molecule has 0 bridgehead atoms. The average molecular weight is 428 g/mol. The Bertz CT molecular complexity index is 553. The fourth-order valence-corrected chi connectivity index (χ4v) is 2.03. The third-order valence-corrected chi connectivity index (χ3v) is 3.92. The quantitative estimate of drug-likeness (QED) is 0.159. The normalized spacial score (nSPS) is 10.4. The third kappa shape index (κ3) is 9.49. The third-order valence-electron chi connectivity index (χ3n) is 3.92. The Morgan fingerprint density at radius 2 is 0.833 bits per heavy atom. The zero-order valence-corrected chi connectivity index (χ0v) is 18.2. The van der Waals surface area contributed by atoms with Gasteiger partial charge in [0.05, 0.1) is 25.2 Å². The van der Waals surface area contributed by atoms with Crippen molar-refractivity contribution in [2.24, 2.45) is 5.41 Å². The second-order valence-electron chi connectivity index (χ2n) is 6.15. The number of ether oxygens (including phenoxy) is 6. The molecular weight excluding hydrogens is 396 g/mol. The molecule has 0 radical (unpaired) electrons. The molecule has 0 spiro atoms. The van der Waals surface area contributed by atoms with E-state index in [0.29, 0.717) is 6.42 Å². The molecule has 30 heavy (non-hydrogen) atoms. The molecule has 0 atom stereocenters. The molecule has 0 fully saturated rings. The van der Waals surface area contributed by atoms with Gasteiger partial charge in [-0.2, -0.15) is 0 Å². The molecule has 0 aliphatic rings. The number of hydrogen-bond donors (Lipinski definition) is 0. The van der Waals surface area contributed by atoms with E-state index in [2.05, 4.69) is 19.7 Å². The van der Waals surface area contributed by atoms with Gasteiger partial charge in [-0.3, -0.25) is 0 Å². The van der Waals surface area contributed by atoms with Crippen LogP contribution in [-0.4, -0.2) is 57.5 Å². The molecule has 0 unspecified atom stereocenters. The van der Waals surface area contributed by atoms with Crippen molar-refractivity contribution in [2.45, 2.75) is 34.1 Å². The van der Waals surface area contributed by atoms with Crippen LogP contribution in [0.1, 0.15) is 34.1 Å². The SMILES string of the molecule is C=C(OCC)C(=O)OCC(CC)(COC(=O)C(=C)OCC)COC(=O)C(=C)OCC. The van der Waals surface area contributed by atoms with Gasteiger partial charge >= 0.3 is 17.9 Å². The summed E-state index contributed by atoms with van der Waals surface area (Å²) in [4.78, 5) is 36.1. The van der Waals surface area contributed by atoms with Crippen LogP contribution in [0.5, 0.6) is 0 Å². The maximum Gasteiger partial charge on any atom is 0.372 e. The predicted molar refractivity (Wildman–Crippen MR) is 108 cm³/mol. The first-order valence-corrected chi connectivity index (χ1v) is 9.62. The van der Waals surface area contributed by atoms with Crippen LogP contribution in [-0.2, 0) is 42.8 Å². The van der Waals surface area contributed by atoms with Crippen molar-refractivity contribution in [3.63, 3.8) is 0 Å². The summed E-state index contributed by atoms with van der Waals surface area (Å²) in [5.74, 6) is -2.80. The Hall–Kier alpha value is -2.97. The zero-order valence-electron chi connectivity index (χ0n) is 18.2. The van der Waals surface area contributed by atoms with Gasteiger partial charge in [0, 0.05) is 0 Å². The second-order valence-corrected chi connectivity index (χ2v) is 6.15. The van der Waals surface area contributed by atoms with Crippen LogP contribution in [0.25, 0.3) is 0 Å². The summed E-state index contributed by atoms with van der Waals surface area (Å²) in [6.07, 6.45) is 0.337. The van der Waals surface area contributed by atoms with Gasteiger partial charge in [0.1, 0.15) is 19.8 Å². The van der Waals surface area contributed by atoms with E-state index in [4.69, 9.17) is 28.4 Å². The molecule has 0 N–H and O–H groups in total. The van der Waals surface area contributed by atoms with Gasteiger partial charge in [-0.05, 0) is 46.9 Å². The lowest BCUT2D eigenvalue weighted by atomic mass is 9.88. The van der Waals surface area contributed by atoms with Gasteiger partial charge in [0.2, 0.25) is 0 Å². The first-order valence-electron chi connectivity index (χ1n) is 9.62. The average Bonchev–Trinajstić information content (AvgIpc) is 2.73. The second kappa shape index (κ2) is 14.1. The number of esters is 3. The number of hydrogen-bond acceptors (Lipinski definition) is 9. The van der Waals surface area contributed by atoms with Gasteiger partial charge in [-0.25, -0.2) is 14.4 Å². The van der Waals surface area contributed by atoms with Gasteiger partial charge < -0.3 is 28.4 Å². The highest BCUT2D eigenvalue weighted by Gasteiger charge is 2.35. The lowest BCUT2D eigenvalue weighted by Crippen LogP contribution is -2.39. The predicted octanol–water partition coefficient (Wildman–Crippen LogP) is 2.66. The summed E-state index contributed by atoms with van der Waals surface area (Å²) in [5.41, 5.74) is -1.04. The smallest absolute Gasteiger partial charge is 0.372 e. The first-order chi connectivity index (χ1) is 14.2. The van der Waals surface area contributed by atoms with E-state index in [1.54, 1.807) is 27.7 Å². The van der Waals surface area contributed by atoms with Gasteiger partial charge in [0.15, 0.2) is 17.3 Å². The van der Waals surface area contributed by atoms with Crippen molar-refractivity contribution in [2.75, 3.05) is 39.6 Å². The fraction of sp³-hybridized carbons (Fsp3) is 0.571. The molecule has 0 amide bonds. The van der Waals surface area contributed by atoms with E-state index in [1.807, 2.05) is 0 Å². The standard InChI is InChI=1S/C21H32O9/c1-8-21(12-28-18(22)15(5)25-9-2,13-29-19(23)16(6)26-10-3)14-30-20(24)17(7)27-11-4/h5-14H2,1-4H3. The fourth-order valence-electron chi connectivity index (χ4n) is 2.03. The summed E-state index contributed by atoms with van der Waals surface area (Å²) in [7, 11) is 0. The van der Waals surface area contributed by atoms with E-state index in [9.17, 15) is 14.4 Å².